The molecule has 0 unspecified atom stereocenters. The van der Waals surface area contributed by atoms with Crippen LogP contribution < -0.4 is 5.32 Å². The quantitative estimate of drug-likeness (QED) is 0.747. The second-order valence-corrected chi connectivity index (χ2v) is 9.85. The van der Waals surface area contributed by atoms with Crippen molar-refractivity contribution in [1.29, 1.82) is 0 Å². The van der Waals surface area contributed by atoms with Crippen molar-refractivity contribution in [2.75, 3.05) is 7.11 Å². The Morgan fingerprint density at radius 1 is 1.22 bits per heavy atom. The standard InChI is InChI=1S/C22H33NO4/c1-7-20(4)16-18(27-19(25)23-16)21(5)12(2)8-10-22(13(3)17(20)24)11-9-14(26-6)15(21)22/h7,12-16,18H,1,8-11H2,2-6H3,(H,23,25)/t12-,13+,14-,15+,16-,18-,20-,21-,22+/m1/s1. The molecule has 1 amide bonds. The molecule has 0 aromatic carbocycles. The number of fused-ring (bicyclic) bond motifs is 2. The van der Waals surface area contributed by atoms with Gasteiger partial charge in [0.2, 0.25) is 0 Å². The fourth-order valence-corrected chi connectivity index (χ4v) is 7.40. The molecule has 150 valence electrons. The van der Waals surface area contributed by atoms with Crippen molar-refractivity contribution < 1.29 is 19.1 Å². The van der Waals surface area contributed by atoms with Gasteiger partial charge in [0.25, 0.3) is 0 Å². The number of methoxy groups -OCH3 is 1. The van der Waals surface area contributed by atoms with E-state index >= 15 is 0 Å². The highest BCUT2D eigenvalue weighted by atomic mass is 16.6. The van der Waals surface area contributed by atoms with Gasteiger partial charge in [0.15, 0.2) is 0 Å². The molecule has 1 N–H and O–H groups in total. The number of carbonyl (C=O) groups excluding carboxylic acids is 2. The first-order chi connectivity index (χ1) is 12.7. The first kappa shape index (κ1) is 19.0. The fourth-order valence-electron chi connectivity index (χ4n) is 7.40. The molecule has 1 aliphatic heterocycles. The maximum Gasteiger partial charge on any atom is 0.407 e. The van der Waals surface area contributed by atoms with E-state index in [9.17, 15) is 9.59 Å². The van der Waals surface area contributed by atoms with E-state index in [1.54, 1.807) is 13.2 Å². The van der Waals surface area contributed by atoms with E-state index in [0.29, 0.717) is 5.92 Å². The average Bonchev–Trinajstić information content (AvgIpc) is 3.25. The van der Waals surface area contributed by atoms with Crippen LogP contribution in [-0.2, 0) is 14.3 Å². The number of alkyl carbamates (subject to hydrolysis) is 1. The lowest BCUT2D eigenvalue weighted by molar-refractivity contribution is -0.185. The predicted molar refractivity (Wildman–Crippen MR) is 102 cm³/mol. The summed E-state index contributed by atoms with van der Waals surface area (Å²) in [6.45, 7) is 12.6. The van der Waals surface area contributed by atoms with E-state index in [-0.39, 0.29) is 46.7 Å². The summed E-state index contributed by atoms with van der Waals surface area (Å²) in [4.78, 5) is 26.2. The number of amides is 1. The van der Waals surface area contributed by atoms with E-state index in [4.69, 9.17) is 9.47 Å². The largest absolute Gasteiger partial charge is 0.443 e. The Labute approximate surface area is 162 Å². The monoisotopic (exact) mass is 375 g/mol. The summed E-state index contributed by atoms with van der Waals surface area (Å²) in [7, 11) is 1.78. The molecule has 4 rings (SSSR count). The molecule has 0 radical (unpaired) electrons. The second-order valence-electron chi connectivity index (χ2n) is 9.85. The van der Waals surface area contributed by atoms with Crippen molar-refractivity contribution in [3.63, 3.8) is 0 Å². The highest BCUT2D eigenvalue weighted by Gasteiger charge is 2.71. The minimum absolute atomic E-state index is 0.0940. The molecule has 27 heavy (non-hydrogen) atoms. The molecule has 0 aromatic rings. The van der Waals surface area contributed by atoms with E-state index in [2.05, 4.69) is 32.7 Å². The molecule has 0 aromatic heterocycles. The van der Waals surface area contributed by atoms with Gasteiger partial charge in [-0.3, -0.25) is 4.79 Å². The number of hydrogen-bond acceptors (Lipinski definition) is 4. The molecule has 5 nitrogen and oxygen atoms in total. The SMILES string of the molecule is C=C[C@@]1(C)C(=O)[C@H](C)[C@@]23CC[C@@H](C)[C@@](C)([C@@H]4OC(=O)N[C@H]41)[C@@H]2[C@H](OC)CC3. The van der Waals surface area contributed by atoms with Gasteiger partial charge in [-0.05, 0) is 43.9 Å². The summed E-state index contributed by atoms with van der Waals surface area (Å²) in [5.41, 5.74) is -1.18. The summed E-state index contributed by atoms with van der Waals surface area (Å²) < 4.78 is 11.9. The lowest BCUT2D eigenvalue weighted by Crippen LogP contribution is -2.67. The Bertz CT molecular complexity index is 692. The number of ether oxygens (including phenoxy) is 2. The molecule has 2 bridgehead atoms. The predicted octanol–water partition coefficient (Wildman–Crippen LogP) is 3.72. The number of rotatable bonds is 2. The highest BCUT2D eigenvalue weighted by molar-refractivity contribution is 5.91. The molecule has 1 heterocycles. The first-order valence-corrected chi connectivity index (χ1v) is 10.3. The minimum Gasteiger partial charge on any atom is -0.443 e. The van der Waals surface area contributed by atoms with Crippen molar-refractivity contribution in [3.05, 3.63) is 12.7 Å². The third kappa shape index (κ3) is 2.10. The fraction of sp³-hybridized carbons (Fsp3) is 0.818. The zero-order valence-electron chi connectivity index (χ0n) is 17.2. The summed E-state index contributed by atoms with van der Waals surface area (Å²) in [5.74, 6) is 0.654. The van der Waals surface area contributed by atoms with E-state index in [1.165, 1.54) is 0 Å². The van der Waals surface area contributed by atoms with Crippen molar-refractivity contribution in [2.45, 2.75) is 71.6 Å². The van der Waals surface area contributed by atoms with Crippen LogP contribution in [-0.4, -0.2) is 37.2 Å². The second kappa shape index (κ2) is 5.82. The van der Waals surface area contributed by atoms with Crippen molar-refractivity contribution in [2.24, 2.45) is 34.0 Å². The van der Waals surface area contributed by atoms with Gasteiger partial charge in [-0.2, -0.15) is 0 Å². The van der Waals surface area contributed by atoms with Crippen LogP contribution in [0.2, 0.25) is 0 Å². The number of Topliss-reactive ketones (excluding diaryl/α,β-unsaturated/α-hetero) is 1. The van der Waals surface area contributed by atoms with Gasteiger partial charge in [0.1, 0.15) is 11.9 Å². The molecule has 3 saturated carbocycles. The van der Waals surface area contributed by atoms with Gasteiger partial charge in [-0.1, -0.05) is 26.8 Å². The van der Waals surface area contributed by atoms with Crippen LogP contribution in [0.3, 0.4) is 0 Å². The Morgan fingerprint density at radius 3 is 2.52 bits per heavy atom. The molecule has 5 heteroatoms. The molecule has 4 aliphatic rings. The number of hydrogen-bond donors (Lipinski definition) is 1. The van der Waals surface area contributed by atoms with Crippen molar-refractivity contribution in [3.8, 4) is 0 Å². The topological polar surface area (TPSA) is 64.6 Å². The molecular formula is C22H33NO4. The van der Waals surface area contributed by atoms with Crippen LogP contribution in [0, 0.1) is 34.0 Å². The summed E-state index contributed by atoms with van der Waals surface area (Å²) in [6.07, 6.45) is 5.10. The molecule has 0 spiro atoms. The van der Waals surface area contributed by atoms with Crippen LogP contribution in [0.1, 0.15) is 53.4 Å². The lowest BCUT2D eigenvalue weighted by Gasteiger charge is -2.61. The average molecular weight is 376 g/mol. The Hall–Kier alpha value is -1.36. The maximum atomic E-state index is 13.8. The third-order valence-electron chi connectivity index (χ3n) is 9.24. The Morgan fingerprint density at radius 2 is 1.89 bits per heavy atom. The number of carbonyl (C=O) groups is 2. The van der Waals surface area contributed by atoms with Gasteiger partial charge in [0.05, 0.1) is 17.6 Å². The Kier molecular flexibility index (Phi) is 4.09. The zero-order chi connectivity index (χ0) is 19.8. The van der Waals surface area contributed by atoms with Gasteiger partial charge in [-0.15, -0.1) is 6.58 Å². The zero-order valence-corrected chi connectivity index (χ0v) is 17.2. The molecule has 3 aliphatic carbocycles. The van der Waals surface area contributed by atoms with Gasteiger partial charge in [-0.25, -0.2) is 4.79 Å². The van der Waals surface area contributed by atoms with Crippen LogP contribution in [0.5, 0.6) is 0 Å². The van der Waals surface area contributed by atoms with Crippen LogP contribution in [0.25, 0.3) is 0 Å². The maximum absolute atomic E-state index is 13.8. The molecule has 9 atom stereocenters. The number of ketones is 1. The highest BCUT2D eigenvalue weighted by Crippen LogP contribution is 2.69. The molecular weight excluding hydrogens is 342 g/mol. The van der Waals surface area contributed by atoms with E-state index in [1.807, 2.05) is 6.92 Å². The number of nitrogens with one attached hydrogen (secondary N) is 1. The van der Waals surface area contributed by atoms with Gasteiger partial charge < -0.3 is 14.8 Å². The Balaban J connectivity index is 1.98. The lowest BCUT2D eigenvalue weighted by atomic mass is 9.43. The first-order valence-electron chi connectivity index (χ1n) is 10.3. The van der Waals surface area contributed by atoms with Crippen LogP contribution in [0.15, 0.2) is 12.7 Å². The van der Waals surface area contributed by atoms with Crippen LogP contribution >= 0.6 is 0 Å². The molecule has 1 saturated heterocycles. The van der Waals surface area contributed by atoms with Gasteiger partial charge in [0, 0.05) is 24.4 Å². The van der Waals surface area contributed by atoms with E-state index in [0.717, 1.165) is 25.7 Å². The van der Waals surface area contributed by atoms with Gasteiger partial charge >= 0.3 is 6.09 Å². The normalized spacial score (nSPS) is 54.3. The van der Waals surface area contributed by atoms with E-state index < -0.39 is 11.5 Å². The summed E-state index contributed by atoms with van der Waals surface area (Å²) >= 11 is 0. The molecule has 4 fully saturated rings. The minimum atomic E-state index is -0.836. The summed E-state index contributed by atoms with van der Waals surface area (Å²) in [5, 5.41) is 2.98. The van der Waals surface area contributed by atoms with Crippen molar-refractivity contribution >= 4 is 11.9 Å². The third-order valence-corrected chi connectivity index (χ3v) is 9.24. The van der Waals surface area contributed by atoms with Crippen LogP contribution in [0.4, 0.5) is 4.79 Å². The summed E-state index contributed by atoms with van der Waals surface area (Å²) in [6, 6.07) is -0.390. The smallest absolute Gasteiger partial charge is 0.407 e. The van der Waals surface area contributed by atoms with Crippen molar-refractivity contribution in [1.82, 2.24) is 5.32 Å².